The van der Waals surface area contributed by atoms with Crippen molar-refractivity contribution in [3.8, 4) is 22.6 Å². The van der Waals surface area contributed by atoms with Crippen LogP contribution < -0.4 is 10.5 Å². The highest BCUT2D eigenvalue weighted by Gasteiger charge is 2.27. The average molecular weight is 456 g/mol. The lowest BCUT2D eigenvalue weighted by atomic mass is 10.1. The van der Waals surface area contributed by atoms with Crippen LogP contribution in [0.25, 0.3) is 27.8 Å². The molecule has 4 heterocycles. The molecule has 6 rings (SSSR count). The Bertz CT molecular complexity index is 1510. The summed E-state index contributed by atoms with van der Waals surface area (Å²) >= 11 is 0. The third-order valence-corrected chi connectivity index (χ3v) is 5.98. The van der Waals surface area contributed by atoms with Crippen molar-refractivity contribution in [2.45, 2.75) is 31.9 Å². The molecule has 4 aromatic heterocycles. The van der Waals surface area contributed by atoms with Gasteiger partial charge in [0, 0.05) is 29.7 Å². The molecule has 5 aromatic rings. The number of halogens is 1. The zero-order valence-electron chi connectivity index (χ0n) is 18.3. The molecule has 1 atom stereocenters. The summed E-state index contributed by atoms with van der Waals surface area (Å²) in [6.07, 6.45) is 10.9. The number of nitrogens with zero attached hydrogens (tertiary/aromatic N) is 7. The molecule has 2 N–H and O–H groups in total. The lowest BCUT2D eigenvalue weighted by molar-refractivity contribution is 0.304. The van der Waals surface area contributed by atoms with Gasteiger partial charge in [-0.3, -0.25) is 4.98 Å². The maximum atomic E-state index is 14.2. The van der Waals surface area contributed by atoms with Gasteiger partial charge in [-0.15, -0.1) is 5.10 Å². The Labute approximate surface area is 194 Å². The zero-order valence-corrected chi connectivity index (χ0v) is 18.3. The fourth-order valence-corrected chi connectivity index (χ4v) is 4.03. The molecule has 1 aromatic carbocycles. The first kappa shape index (κ1) is 20.3. The van der Waals surface area contributed by atoms with E-state index >= 15 is 0 Å². The van der Waals surface area contributed by atoms with E-state index in [0.29, 0.717) is 28.2 Å². The first-order chi connectivity index (χ1) is 16.6. The molecule has 0 radical (unpaired) electrons. The van der Waals surface area contributed by atoms with E-state index in [2.05, 4.69) is 25.3 Å². The number of hydrogen-bond donors (Lipinski definition) is 1. The first-order valence-electron chi connectivity index (χ1n) is 11.0. The monoisotopic (exact) mass is 456 g/mol. The summed E-state index contributed by atoms with van der Waals surface area (Å²) < 4.78 is 23.8. The topological polar surface area (TPSA) is 110 Å². The fourth-order valence-electron chi connectivity index (χ4n) is 4.03. The first-order valence-corrected chi connectivity index (χ1v) is 11.0. The number of nitrogen functional groups attached to an aromatic ring is 1. The smallest absolute Gasteiger partial charge is 0.148 e. The Kier molecular flexibility index (Phi) is 4.72. The van der Waals surface area contributed by atoms with Gasteiger partial charge in [-0.25, -0.2) is 19.0 Å². The van der Waals surface area contributed by atoms with Gasteiger partial charge >= 0.3 is 0 Å². The standard InChI is InChI=1S/C24H21FN8O/c1-14(19-12-33(31-30-19)20-5-3-2-4-18(20)25)32-11-17(22-23(26)28-13-29-24(22)32)16-10-27-9-8-21(16)34-15-6-7-15/h2-5,8-15H,6-7H2,1H3,(H2,26,28,29). The number of hydrogen-bond acceptors (Lipinski definition) is 7. The molecule has 0 bridgehead atoms. The minimum absolute atomic E-state index is 0.232. The molecule has 0 saturated heterocycles. The van der Waals surface area contributed by atoms with Crippen molar-refractivity contribution < 1.29 is 9.13 Å². The molecule has 0 spiro atoms. The van der Waals surface area contributed by atoms with Crippen LogP contribution in [0, 0.1) is 5.82 Å². The highest BCUT2D eigenvalue weighted by molar-refractivity contribution is 6.01. The third-order valence-electron chi connectivity index (χ3n) is 5.98. The molecular formula is C24H21FN8O. The van der Waals surface area contributed by atoms with E-state index in [4.69, 9.17) is 10.5 Å². The van der Waals surface area contributed by atoms with Crippen molar-refractivity contribution in [2.24, 2.45) is 0 Å². The summed E-state index contributed by atoms with van der Waals surface area (Å²) in [5, 5.41) is 9.15. The predicted octanol–water partition coefficient (Wildman–Crippen LogP) is 3.95. The molecular weight excluding hydrogens is 435 g/mol. The SMILES string of the molecule is CC(c1cn(-c2ccccc2F)nn1)n1cc(-c2cnccc2OC2CC2)c2c(N)ncnc21. The molecule has 1 aliphatic carbocycles. The van der Waals surface area contributed by atoms with Crippen LogP contribution in [0.1, 0.15) is 31.5 Å². The quantitative estimate of drug-likeness (QED) is 0.412. The number of aromatic nitrogens is 7. The highest BCUT2D eigenvalue weighted by atomic mass is 19.1. The maximum absolute atomic E-state index is 14.2. The lowest BCUT2D eigenvalue weighted by Crippen LogP contribution is -2.07. The van der Waals surface area contributed by atoms with E-state index in [9.17, 15) is 4.39 Å². The Balaban J connectivity index is 1.46. The Morgan fingerprint density at radius 2 is 1.97 bits per heavy atom. The van der Waals surface area contributed by atoms with Gasteiger partial charge in [0.25, 0.3) is 0 Å². The molecule has 170 valence electrons. The van der Waals surface area contributed by atoms with E-state index < -0.39 is 0 Å². The average Bonchev–Trinajstić information content (AvgIpc) is 3.38. The number of rotatable bonds is 6. The molecule has 9 nitrogen and oxygen atoms in total. The van der Waals surface area contributed by atoms with Crippen LogP contribution in [0.4, 0.5) is 10.2 Å². The number of para-hydroxylation sites is 1. The van der Waals surface area contributed by atoms with Gasteiger partial charge in [0.1, 0.15) is 40.7 Å². The van der Waals surface area contributed by atoms with Crippen molar-refractivity contribution in [2.75, 3.05) is 5.73 Å². The largest absolute Gasteiger partial charge is 0.490 e. The zero-order chi connectivity index (χ0) is 23.2. The van der Waals surface area contributed by atoms with E-state index in [1.807, 2.05) is 23.8 Å². The van der Waals surface area contributed by atoms with Crippen LogP contribution in [0.3, 0.4) is 0 Å². The lowest BCUT2D eigenvalue weighted by Gasteiger charge is -2.11. The minimum atomic E-state index is -0.374. The number of anilines is 1. The number of pyridine rings is 1. The van der Waals surface area contributed by atoms with Crippen LogP contribution in [0.5, 0.6) is 5.75 Å². The second kappa shape index (κ2) is 7.91. The van der Waals surface area contributed by atoms with Gasteiger partial charge in [-0.1, -0.05) is 17.3 Å². The predicted molar refractivity (Wildman–Crippen MR) is 124 cm³/mol. The van der Waals surface area contributed by atoms with Gasteiger partial charge in [0.05, 0.1) is 23.7 Å². The Hall–Kier alpha value is -4.34. The van der Waals surface area contributed by atoms with Crippen LogP contribution in [0.15, 0.2) is 61.4 Å². The summed E-state index contributed by atoms with van der Waals surface area (Å²) in [5.41, 5.74) is 9.57. The minimum Gasteiger partial charge on any atom is -0.490 e. The summed E-state index contributed by atoms with van der Waals surface area (Å²) in [5.74, 6) is 0.737. The Morgan fingerprint density at radius 1 is 1.12 bits per heavy atom. The van der Waals surface area contributed by atoms with Crippen LogP contribution in [0.2, 0.25) is 0 Å². The number of nitrogens with two attached hydrogens (primary N) is 1. The van der Waals surface area contributed by atoms with E-state index in [-0.39, 0.29) is 18.0 Å². The van der Waals surface area contributed by atoms with Gasteiger partial charge in [-0.2, -0.15) is 0 Å². The number of benzene rings is 1. The van der Waals surface area contributed by atoms with Crippen molar-refractivity contribution in [3.05, 3.63) is 73.0 Å². The summed E-state index contributed by atoms with van der Waals surface area (Å²) in [4.78, 5) is 13.0. The second-order valence-corrected chi connectivity index (χ2v) is 8.31. The highest BCUT2D eigenvalue weighted by Crippen LogP contribution is 2.40. The van der Waals surface area contributed by atoms with Gasteiger partial charge in [0.15, 0.2) is 0 Å². The van der Waals surface area contributed by atoms with Crippen LogP contribution in [-0.2, 0) is 0 Å². The van der Waals surface area contributed by atoms with E-state index in [0.717, 1.165) is 29.7 Å². The third kappa shape index (κ3) is 3.43. The molecule has 34 heavy (non-hydrogen) atoms. The molecule has 0 amide bonds. The van der Waals surface area contributed by atoms with E-state index in [1.54, 1.807) is 36.8 Å². The second-order valence-electron chi connectivity index (χ2n) is 8.31. The molecule has 1 fully saturated rings. The molecule has 1 unspecified atom stereocenters. The fraction of sp³-hybridized carbons (Fsp3) is 0.208. The van der Waals surface area contributed by atoms with Crippen LogP contribution in [-0.4, -0.2) is 40.6 Å². The Morgan fingerprint density at radius 3 is 2.79 bits per heavy atom. The van der Waals surface area contributed by atoms with Crippen LogP contribution >= 0.6 is 0 Å². The molecule has 1 saturated carbocycles. The molecule has 10 heteroatoms. The van der Waals surface area contributed by atoms with Crippen molar-refractivity contribution >= 4 is 16.9 Å². The van der Waals surface area contributed by atoms with Crippen molar-refractivity contribution in [1.82, 2.24) is 34.5 Å². The summed E-state index contributed by atoms with van der Waals surface area (Å²) in [7, 11) is 0. The summed E-state index contributed by atoms with van der Waals surface area (Å²) in [6.45, 7) is 1.97. The van der Waals surface area contributed by atoms with Crippen molar-refractivity contribution in [1.29, 1.82) is 0 Å². The van der Waals surface area contributed by atoms with E-state index in [1.165, 1.54) is 17.1 Å². The van der Waals surface area contributed by atoms with Gasteiger partial charge in [-0.05, 0) is 38.0 Å². The normalized spacial score (nSPS) is 14.4. The van der Waals surface area contributed by atoms with Crippen molar-refractivity contribution in [3.63, 3.8) is 0 Å². The maximum Gasteiger partial charge on any atom is 0.148 e. The number of fused-ring (bicyclic) bond motifs is 1. The number of ether oxygens (including phenoxy) is 1. The molecule has 1 aliphatic rings. The van der Waals surface area contributed by atoms with Gasteiger partial charge < -0.3 is 15.0 Å². The molecule has 0 aliphatic heterocycles. The summed E-state index contributed by atoms with van der Waals surface area (Å²) in [6, 6.07) is 8.02. The van der Waals surface area contributed by atoms with Gasteiger partial charge in [0.2, 0.25) is 0 Å².